The normalized spacial score (nSPS) is 10.4. The third-order valence-electron chi connectivity index (χ3n) is 2.43. The average molecular weight is 248 g/mol. The maximum atomic E-state index is 11.7. The van der Waals surface area contributed by atoms with Gasteiger partial charge in [-0.05, 0) is 5.56 Å². The maximum Gasteiger partial charge on any atom is 0.328 e. The molecule has 0 aliphatic carbocycles. The summed E-state index contributed by atoms with van der Waals surface area (Å²) in [6.45, 7) is 0.461. The van der Waals surface area contributed by atoms with Crippen LogP contribution in [-0.2, 0) is 6.54 Å². The van der Waals surface area contributed by atoms with Crippen molar-refractivity contribution < 1.29 is 0 Å². The van der Waals surface area contributed by atoms with Crippen molar-refractivity contribution in [2.45, 2.75) is 6.54 Å². The number of hydrogen-bond donors (Lipinski definition) is 2. The summed E-state index contributed by atoms with van der Waals surface area (Å²) in [5.74, 6) is 0.534. The highest BCUT2D eigenvalue weighted by Gasteiger charge is 2.06. The first-order chi connectivity index (χ1) is 8.22. The largest absolute Gasteiger partial charge is 0.328 e. The quantitative estimate of drug-likeness (QED) is 0.800. The van der Waals surface area contributed by atoms with Crippen molar-refractivity contribution in [2.75, 3.05) is 5.75 Å². The van der Waals surface area contributed by atoms with Gasteiger partial charge in [0.1, 0.15) is 0 Å². The molecule has 5 heteroatoms. The lowest BCUT2D eigenvalue weighted by Crippen LogP contribution is -2.31. The number of rotatable bonds is 3. The molecule has 2 aromatic rings. The molecule has 0 aliphatic rings. The van der Waals surface area contributed by atoms with Crippen LogP contribution in [0.5, 0.6) is 0 Å². The van der Waals surface area contributed by atoms with Gasteiger partial charge in [-0.15, -0.1) is 0 Å². The molecule has 0 spiro atoms. The zero-order valence-corrected chi connectivity index (χ0v) is 9.98. The van der Waals surface area contributed by atoms with Gasteiger partial charge in [0.2, 0.25) is 0 Å². The molecular weight excluding hydrogens is 236 g/mol. The average Bonchev–Trinajstić information content (AvgIpc) is 2.33. The standard InChI is InChI=1S/C12H12N2O2S/c15-11-8-10(9-4-2-1-3-5-9)14(6-7-17)12(16)13-11/h1-5,8,17H,6-7H2,(H,13,15,16). The van der Waals surface area contributed by atoms with E-state index in [1.54, 1.807) is 0 Å². The fourth-order valence-electron chi connectivity index (χ4n) is 1.69. The minimum absolute atomic E-state index is 0.385. The van der Waals surface area contributed by atoms with Crippen LogP contribution in [0.25, 0.3) is 11.3 Å². The number of nitrogens with zero attached hydrogens (tertiary/aromatic N) is 1. The van der Waals surface area contributed by atoms with Crippen molar-refractivity contribution in [1.82, 2.24) is 9.55 Å². The second-order valence-corrected chi connectivity index (χ2v) is 4.01. The molecule has 1 aromatic heterocycles. The number of aromatic amines is 1. The van der Waals surface area contributed by atoms with E-state index < -0.39 is 5.69 Å². The second kappa shape index (κ2) is 5.05. The highest BCUT2D eigenvalue weighted by molar-refractivity contribution is 7.80. The van der Waals surface area contributed by atoms with Gasteiger partial charge in [-0.2, -0.15) is 12.6 Å². The van der Waals surface area contributed by atoms with E-state index in [-0.39, 0.29) is 5.56 Å². The highest BCUT2D eigenvalue weighted by Crippen LogP contribution is 2.15. The molecule has 0 atom stereocenters. The van der Waals surface area contributed by atoms with Crippen molar-refractivity contribution in [3.63, 3.8) is 0 Å². The minimum atomic E-state index is -0.398. The number of thiol groups is 1. The van der Waals surface area contributed by atoms with E-state index in [0.29, 0.717) is 18.0 Å². The first-order valence-electron chi connectivity index (χ1n) is 5.23. The fraction of sp³-hybridized carbons (Fsp3) is 0.167. The lowest BCUT2D eigenvalue weighted by Gasteiger charge is -2.10. The molecule has 88 valence electrons. The number of nitrogens with one attached hydrogen (secondary N) is 1. The van der Waals surface area contributed by atoms with Gasteiger partial charge in [-0.3, -0.25) is 14.3 Å². The molecule has 1 heterocycles. The van der Waals surface area contributed by atoms with Crippen LogP contribution in [0.15, 0.2) is 46.0 Å². The highest BCUT2D eigenvalue weighted by atomic mass is 32.1. The van der Waals surface area contributed by atoms with Gasteiger partial charge in [0.05, 0.1) is 5.69 Å². The van der Waals surface area contributed by atoms with Crippen molar-refractivity contribution in [3.05, 3.63) is 57.2 Å². The molecule has 0 amide bonds. The smallest absolute Gasteiger partial charge is 0.293 e. The van der Waals surface area contributed by atoms with Crippen LogP contribution in [0.4, 0.5) is 0 Å². The van der Waals surface area contributed by atoms with Crippen LogP contribution in [0.2, 0.25) is 0 Å². The Bertz CT molecular complexity index is 616. The van der Waals surface area contributed by atoms with Crippen LogP contribution in [-0.4, -0.2) is 15.3 Å². The Hall–Kier alpha value is -1.75. The minimum Gasteiger partial charge on any atom is -0.293 e. The Labute approximate surface area is 103 Å². The van der Waals surface area contributed by atoms with Crippen molar-refractivity contribution in [3.8, 4) is 11.3 Å². The molecule has 0 fully saturated rings. The Balaban J connectivity index is 2.67. The monoisotopic (exact) mass is 248 g/mol. The van der Waals surface area contributed by atoms with Crippen LogP contribution in [0.1, 0.15) is 0 Å². The second-order valence-electron chi connectivity index (χ2n) is 3.57. The van der Waals surface area contributed by atoms with Crippen molar-refractivity contribution in [1.29, 1.82) is 0 Å². The predicted molar refractivity (Wildman–Crippen MR) is 70.6 cm³/mol. The summed E-state index contributed by atoms with van der Waals surface area (Å²) in [5, 5.41) is 0. The van der Waals surface area contributed by atoms with Crippen LogP contribution in [0.3, 0.4) is 0 Å². The lowest BCUT2D eigenvalue weighted by molar-refractivity contribution is 0.710. The SMILES string of the molecule is O=c1cc(-c2ccccc2)n(CCS)c(=O)[nH]1. The summed E-state index contributed by atoms with van der Waals surface area (Å²) in [7, 11) is 0. The third-order valence-corrected chi connectivity index (χ3v) is 2.63. The number of benzene rings is 1. The van der Waals surface area contributed by atoms with E-state index in [9.17, 15) is 9.59 Å². The topological polar surface area (TPSA) is 54.9 Å². The first-order valence-corrected chi connectivity index (χ1v) is 5.86. The number of aromatic nitrogens is 2. The Morgan fingerprint density at radius 2 is 1.88 bits per heavy atom. The molecule has 0 saturated carbocycles. The molecule has 1 N–H and O–H groups in total. The summed E-state index contributed by atoms with van der Waals surface area (Å²) in [6.07, 6.45) is 0. The zero-order valence-electron chi connectivity index (χ0n) is 9.09. The molecular formula is C12H12N2O2S. The molecule has 0 radical (unpaired) electrons. The fourth-order valence-corrected chi connectivity index (χ4v) is 1.89. The molecule has 2 rings (SSSR count). The molecule has 0 bridgehead atoms. The van der Waals surface area contributed by atoms with Crippen molar-refractivity contribution in [2.24, 2.45) is 0 Å². The van der Waals surface area contributed by atoms with E-state index in [4.69, 9.17) is 0 Å². The Kier molecular flexibility index (Phi) is 3.49. The zero-order chi connectivity index (χ0) is 12.3. The van der Waals surface area contributed by atoms with Gasteiger partial charge in [0, 0.05) is 18.4 Å². The Morgan fingerprint density at radius 3 is 2.53 bits per heavy atom. The van der Waals surface area contributed by atoms with Gasteiger partial charge in [0.25, 0.3) is 5.56 Å². The van der Waals surface area contributed by atoms with Crippen LogP contribution in [0, 0.1) is 0 Å². The van der Waals surface area contributed by atoms with Gasteiger partial charge in [-0.1, -0.05) is 30.3 Å². The summed E-state index contributed by atoms with van der Waals surface area (Å²) >= 11 is 4.11. The van der Waals surface area contributed by atoms with Crippen LogP contribution < -0.4 is 11.2 Å². The molecule has 17 heavy (non-hydrogen) atoms. The van der Waals surface area contributed by atoms with Gasteiger partial charge in [-0.25, -0.2) is 4.79 Å². The number of hydrogen-bond acceptors (Lipinski definition) is 3. The first kappa shape index (κ1) is 11.7. The van der Waals surface area contributed by atoms with Crippen molar-refractivity contribution >= 4 is 12.6 Å². The van der Waals surface area contributed by atoms with Gasteiger partial charge < -0.3 is 0 Å². The van der Waals surface area contributed by atoms with Gasteiger partial charge >= 0.3 is 5.69 Å². The van der Waals surface area contributed by atoms with E-state index in [0.717, 1.165) is 5.56 Å². The number of H-pyrrole nitrogens is 1. The van der Waals surface area contributed by atoms with E-state index in [1.807, 2.05) is 30.3 Å². The molecule has 0 unspecified atom stereocenters. The van der Waals surface area contributed by atoms with E-state index >= 15 is 0 Å². The summed E-state index contributed by atoms with van der Waals surface area (Å²) < 4.78 is 1.52. The van der Waals surface area contributed by atoms with E-state index in [2.05, 4.69) is 17.6 Å². The summed E-state index contributed by atoms with van der Waals surface area (Å²) in [6, 6.07) is 10.8. The Morgan fingerprint density at radius 1 is 1.18 bits per heavy atom. The van der Waals surface area contributed by atoms with E-state index in [1.165, 1.54) is 10.6 Å². The molecule has 1 aromatic carbocycles. The molecule has 0 saturated heterocycles. The van der Waals surface area contributed by atoms with Gasteiger partial charge in [0.15, 0.2) is 0 Å². The molecule has 0 aliphatic heterocycles. The molecule has 4 nitrogen and oxygen atoms in total. The lowest BCUT2D eigenvalue weighted by atomic mass is 10.1. The summed E-state index contributed by atoms with van der Waals surface area (Å²) in [5.41, 5.74) is 0.681. The van der Waals surface area contributed by atoms with Crippen LogP contribution >= 0.6 is 12.6 Å². The maximum absolute atomic E-state index is 11.7. The third kappa shape index (κ3) is 2.50. The predicted octanol–water partition coefficient (Wildman–Crippen LogP) is 1.13. The summed E-state index contributed by atoms with van der Waals surface area (Å²) in [4.78, 5) is 25.3.